The normalized spacial score (nSPS) is 22.4. The first-order chi connectivity index (χ1) is 23.9. The summed E-state index contributed by atoms with van der Waals surface area (Å²) in [6.45, 7) is 2.33. The van der Waals surface area contributed by atoms with E-state index in [-0.39, 0.29) is 37.5 Å². The number of hydrogen-bond acceptors (Lipinski definition) is 9. The molecule has 4 N–H and O–H groups in total. The van der Waals surface area contributed by atoms with Crippen LogP contribution in [0.3, 0.4) is 0 Å². The summed E-state index contributed by atoms with van der Waals surface area (Å²) >= 11 is 6.50. The first kappa shape index (κ1) is 35.9. The van der Waals surface area contributed by atoms with Crippen molar-refractivity contribution >= 4 is 29.6 Å². The Labute approximate surface area is 293 Å². The molecule has 3 atom stereocenters. The van der Waals surface area contributed by atoms with Crippen LogP contribution in [0.5, 0.6) is 0 Å². The van der Waals surface area contributed by atoms with Gasteiger partial charge in [-0.25, -0.2) is 14.5 Å². The number of hydrogen-bond donors (Lipinski definition) is 3. The highest BCUT2D eigenvalue weighted by Gasteiger charge is 2.64. The number of nitrogens with zero attached hydrogens (tertiary/aromatic N) is 7. The van der Waals surface area contributed by atoms with Crippen molar-refractivity contribution in [3.63, 3.8) is 0 Å². The molecule has 51 heavy (non-hydrogen) atoms. The molecule has 2 amide bonds. The van der Waals surface area contributed by atoms with Gasteiger partial charge in [0, 0.05) is 16.8 Å². The third-order valence-electron chi connectivity index (χ3n) is 9.06. The lowest BCUT2D eigenvalue weighted by molar-refractivity contribution is -0.164. The first-order valence-electron chi connectivity index (χ1n) is 15.9. The summed E-state index contributed by atoms with van der Waals surface area (Å²) in [5.74, 6) is -1.16. The van der Waals surface area contributed by atoms with Gasteiger partial charge >= 0.3 is 18.8 Å². The fourth-order valence-electron chi connectivity index (χ4n) is 6.43. The topological polar surface area (TPSA) is 169 Å². The van der Waals surface area contributed by atoms with Gasteiger partial charge in [-0.05, 0) is 53.9 Å². The number of carbonyl (C=O) groups is 2. The summed E-state index contributed by atoms with van der Waals surface area (Å²) < 4.78 is 73.0. The van der Waals surface area contributed by atoms with Crippen LogP contribution in [0.2, 0.25) is 0 Å². The van der Waals surface area contributed by atoms with E-state index in [9.17, 15) is 31.5 Å². The SMILES string of the molecule is CC(C)(C)C[C@]1(c2ccc(-c3cnn(C(F)F)c3)cc2)N=C(N)N([C@H](COC(=O)NC2(C(F)(F)F)CC2)C2=CC=C(Cl)C(c3nn[nH]n3)C2)C1=O. The smallest absolute Gasteiger partial charge is 0.411 e. The minimum atomic E-state index is -4.68. The van der Waals surface area contributed by atoms with Gasteiger partial charge < -0.3 is 15.8 Å². The Morgan fingerprint density at radius 1 is 1.16 bits per heavy atom. The number of nitrogens with two attached hydrogens (primary N) is 1. The van der Waals surface area contributed by atoms with Crippen LogP contribution in [0, 0.1) is 5.41 Å². The molecular weight excluding hydrogens is 703 g/mol. The average Bonchev–Trinajstić information content (AvgIpc) is 3.38. The summed E-state index contributed by atoms with van der Waals surface area (Å²) in [7, 11) is 0. The molecule has 272 valence electrons. The van der Waals surface area contributed by atoms with E-state index in [0.717, 1.165) is 0 Å². The molecule has 13 nitrogen and oxygen atoms in total. The number of amides is 2. The standard InChI is InChI=1S/C32H34ClF5N10O3/c1-29(2,3)16-31(20-7-4-17(5-8-20)19-13-40-47(14-19)26(34)35)25(49)48(27(39)41-31)23(15-51-28(50)42-30(10-11-30)32(36,37)38)18-6-9-22(33)21(12-18)24-43-45-46-44-24/h4-9,13-14,21,23,26H,10-12,15-16H2,1-3H3,(H2,39,41)(H,42,50)(H,43,44,45,46)/t21?,23-,31-/m1/s1. The van der Waals surface area contributed by atoms with E-state index in [2.05, 4.69) is 25.7 Å². The lowest BCUT2D eigenvalue weighted by Crippen LogP contribution is -2.53. The van der Waals surface area contributed by atoms with Crippen LogP contribution in [-0.4, -0.2) is 77.6 Å². The zero-order valence-electron chi connectivity index (χ0n) is 27.6. The van der Waals surface area contributed by atoms with Crippen LogP contribution in [0.4, 0.5) is 26.7 Å². The van der Waals surface area contributed by atoms with Gasteiger partial charge in [0.1, 0.15) is 12.1 Å². The molecule has 1 saturated carbocycles. The number of tetrazole rings is 1. The quantitative estimate of drug-likeness (QED) is 0.224. The number of halogens is 6. The van der Waals surface area contributed by atoms with Crippen molar-refractivity contribution < 1.29 is 36.3 Å². The van der Waals surface area contributed by atoms with E-state index in [1.54, 1.807) is 36.4 Å². The second-order valence-electron chi connectivity index (χ2n) is 13.9. The average molecular weight is 737 g/mol. The van der Waals surface area contributed by atoms with Crippen LogP contribution in [-0.2, 0) is 15.1 Å². The van der Waals surface area contributed by atoms with Crippen LogP contribution in [0.25, 0.3) is 11.1 Å². The summed E-state index contributed by atoms with van der Waals surface area (Å²) in [5.41, 5.74) is 4.00. The monoisotopic (exact) mass is 736 g/mol. The molecule has 19 heteroatoms. The Balaban J connectivity index is 1.35. The first-order valence-corrected chi connectivity index (χ1v) is 16.2. The van der Waals surface area contributed by atoms with E-state index in [1.165, 1.54) is 17.3 Å². The fraction of sp³-hybridized carbons (Fsp3) is 0.469. The van der Waals surface area contributed by atoms with Crippen molar-refractivity contribution in [2.75, 3.05) is 6.61 Å². The number of aliphatic imine (C=N–C) groups is 1. The summed E-state index contributed by atoms with van der Waals surface area (Å²) in [5, 5.41) is 20.0. The second-order valence-corrected chi connectivity index (χ2v) is 14.4. The van der Waals surface area contributed by atoms with Gasteiger partial charge in [-0.3, -0.25) is 9.69 Å². The number of aromatic amines is 1. The van der Waals surface area contributed by atoms with Crippen molar-refractivity contribution in [3.05, 3.63) is 70.8 Å². The van der Waals surface area contributed by atoms with Crippen LogP contribution in [0.1, 0.15) is 70.3 Å². The number of alkyl carbamates (subject to hydrolysis) is 1. The Kier molecular flexibility index (Phi) is 9.18. The predicted molar refractivity (Wildman–Crippen MR) is 173 cm³/mol. The van der Waals surface area contributed by atoms with Gasteiger partial charge in [0.25, 0.3) is 5.91 Å². The van der Waals surface area contributed by atoms with E-state index in [4.69, 9.17) is 27.1 Å². The highest BCUT2D eigenvalue weighted by Crippen LogP contribution is 2.49. The van der Waals surface area contributed by atoms with E-state index >= 15 is 0 Å². The number of rotatable bonds is 10. The predicted octanol–water partition coefficient (Wildman–Crippen LogP) is 5.67. The van der Waals surface area contributed by atoms with Crippen molar-refractivity contribution in [3.8, 4) is 11.1 Å². The lowest BCUT2D eigenvalue weighted by Gasteiger charge is -2.36. The molecule has 3 aromatic rings. The molecule has 0 saturated heterocycles. The maximum absolute atomic E-state index is 14.8. The van der Waals surface area contributed by atoms with Gasteiger partial charge in [-0.2, -0.15) is 32.3 Å². The number of alkyl halides is 5. The highest BCUT2D eigenvalue weighted by atomic mass is 35.5. The Bertz CT molecular complexity index is 1880. The summed E-state index contributed by atoms with van der Waals surface area (Å²) in [6.07, 6.45) is -0.628. The number of benzene rings is 1. The molecule has 2 aromatic heterocycles. The van der Waals surface area contributed by atoms with Crippen LogP contribution >= 0.6 is 11.6 Å². The van der Waals surface area contributed by atoms with Gasteiger partial charge in [-0.15, -0.1) is 10.2 Å². The number of allylic oxidation sites excluding steroid dienone is 3. The molecule has 1 unspecified atom stereocenters. The molecule has 3 heterocycles. The lowest BCUT2D eigenvalue weighted by atomic mass is 9.75. The van der Waals surface area contributed by atoms with Gasteiger partial charge in [0.15, 0.2) is 17.3 Å². The largest absolute Gasteiger partial charge is 0.447 e. The maximum atomic E-state index is 14.8. The van der Waals surface area contributed by atoms with Gasteiger partial charge in [0.05, 0.1) is 18.2 Å². The van der Waals surface area contributed by atoms with E-state index < -0.39 is 59.8 Å². The number of carbonyl (C=O) groups excluding carboxylic acids is 2. The highest BCUT2D eigenvalue weighted by molar-refractivity contribution is 6.30. The van der Waals surface area contributed by atoms with Crippen LogP contribution < -0.4 is 11.1 Å². The molecule has 1 aliphatic heterocycles. The molecule has 0 bridgehead atoms. The van der Waals surface area contributed by atoms with Crippen LogP contribution in [0.15, 0.2) is 64.4 Å². The van der Waals surface area contributed by atoms with Gasteiger partial charge in [0.2, 0.25) is 0 Å². The molecule has 2 aliphatic carbocycles. The number of nitrogens with one attached hydrogen (secondary N) is 2. The molecule has 6 rings (SSSR count). The van der Waals surface area contributed by atoms with Crippen molar-refractivity contribution in [1.29, 1.82) is 0 Å². The maximum Gasteiger partial charge on any atom is 0.411 e. The number of ether oxygens (including phenoxy) is 1. The van der Waals surface area contributed by atoms with E-state index in [1.807, 2.05) is 26.1 Å². The van der Waals surface area contributed by atoms with Crippen molar-refractivity contribution in [1.82, 2.24) is 40.6 Å². The van der Waals surface area contributed by atoms with E-state index in [0.29, 0.717) is 32.0 Å². The minimum Gasteiger partial charge on any atom is -0.447 e. The van der Waals surface area contributed by atoms with Crippen molar-refractivity contribution in [2.45, 2.75) is 82.2 Å². The minimum absolute atomic E-state index is 0.112. The number of aromatic nitrogens is 6. The number of H-pyrrole nitrogens is 1. The molecular formula is C32H34ClF5N10O3. The molecule has 0 radical (unpaired) electrons. The van der Waals surface area contributed by atoms with Gasteiger partial charge in [-0.1, -0.05) is 67.9 Å². The second kappa shape index (κ2) is 13.0. The number of guanidine groups is 1. The molecule has 1 aromatic carbocycles. The zero-order valence-corrected chi connectivity index (χ0v) is 28.3. The third-order valence-corrected chi connectivity index (χ3v) is 9.45. The summed E-state index contributed by atoms with van der Waals surface area (Å²) in [6, 6.07) is 5.47. The summed E-state index contributed by atoms with van der Waals surface area (Å²) in [4.78, 5) is 33.6. The van der Waals surface area contributed by atoms with Crippen molar-refractivity contribution in [2.24, 2.45) is 16.1 Å². The molecule has 3 aliphatic rings. The molecule has 0 spiro atoms. The Morgan fingerprint density at radius 3 is 2.43 bits per heavy atom. The fourth-order valence-corrected chi connectivity index (χ4v) is 6.67. The molecule has 1 fully saturated rings. The Morgan fingerprint density at radius 2 is 1.86 bits per heavy atom. The third kappa shape index (κ3) is 7.05. The zero-order chi connectivity index (χ0) is 36.9. The Hall–Kier alpha value is -4.87.